The van der Waals surface area contributed by atoms with E-state index >= 15 is 0 Å². The van der Waals surface area contributed by atoms with Gasteiger partial charge in [0.25, 0.3) is 0 Å². The fourth-order valence-electron chi connectivity index (χ4n) is 4.44. The van der Waals surface area contributed by atoms with E-state index in [2.05, 4.69) is 20.8 Å². The van der Waals surface area contributed by atoms with Crippen LogP contribution < -0.4 is 0 Å². The van der Waals surface area contributed by atoms with Crippen molar-refractivity contribution in [1.82, 2.24) is 0 Å². The summed E-state index contributed by atoms with van der Waals surface area (Å²) in [5.41, 5.74) is 4.65. The summed E-state index contributed by atoms with van der Waals surface area (Å²) in [6.45, 7) is 8.61. The third kappa shape index (κ3) is 2.48. The van der Waals surface area contributed by atoms with Crippen LogP contribution in [0.25, 0.3) is 6.08 Å². The maximum atomic E-state index is 12.8. The van der Waals surface area contributed by atoms with E-state index < -0.39 is 0 Å². The van der Waals surface area contributed by atoms with Gasteiger partial charge in [-0.15, -0.1) is 11.3 Å². The first-order valence-corrected chi connectivity index (χ1v) is 9.75. The van der Waals surface area contributed by atoms with Gasteiger partial charge >= 0.3 is 0 Å². The molecule has 1 aromatic heterocycles. The van der Waals surface area contributed by atoms with Crippen molar-refractivity contribution in [1.29, 1.82) is 0 Å². The van der Waals surface area contributed by atoms with Gasteiger partial charge in [-0.1, -0.05) is 31.5 Å². The number of aryl methyl sites for hydroxylation is 2. The lowest BCUT2D eigenvalue weighted by atomic mass is 9.94. The van der Waals surface area contributed by atoms with Gasteiger partial charge in [0.2, 0.25) is 0 Å². The second-order valence-electron chi connectivity index (χ2n) is 7.86. The number of aromatic hydroxyl groups is 1. The highest BCUT2D eigenvalue weighted by atomic mass is 35.5. The third-order valence-electron chi connectivity index (χ3n) is 5.95. The molecule has 0 bridgehead atoms. The maximum absolute atomic E-state index is 12.8. The predicted octanol–water partition coefficient (Wildman–Crippen LogP) is 5.92. The average Bonchev–Trinajstić information content (AvgIpc) is 2.90. The third-order valence-corrected chi connectivity index (χ3v) is 7.41. The van der Waals surface area contributed by atoms with E-state index in [9.17, 15) is 9.90 Å². The van der Waals surface area contributed by atoms with Gasteiger partial charge in [0.1, 0.15) is 5.75 Å². The number of halogens is 1. The molecule has 2 nitrogen and oxygen atoms in total. The lowest BCUT2D eigenvalue weighted by Crippen LogP contribution is -2.02. The molecule has 1 N–H and O–H groups in total. The first-order chi connectivity index (χ1) is 11.7. The zero-order valence-electron chi connectivity index (χ0n) is 14.8. The summed E-state index contributed by atoms with van der Waals surface area (Å²) in [5, 5.41) is 10.1. The summed E-state index contributed by atoms with van der Waals surface area (Å²) in [4.78, 5) is 14.9. The first-order valence-electron chi connectivity index (χ1n) is 8.55. The standard InChI is InChI=1S/C21H21ClO2S/c1-10-7-12(8-15(22)19(10)24)5-6-16(23)20-13-9-14-18(21(14,3)4)17(13)11(2)25-20/h5-8,14,18,24H,9H2,1-4H3/b6-5+/t14-,18-/m1/s1. The number of allylic oxidation sites excluding steroid dienone is 1. The van der Waals surface area contributed by atoms with Gasteiger partial charge in [0.05, 0.1) is 9.90 Å². The number of phenols is 1. The van der Waals surface area contributed by atoms with Crippen LogP contribution in [-0.4, -0.2) is 10.9 Å². The van der Waals surface area contributed by atoms with Gasteiger partial charge in [0, 0.05) is 4.88 Å². The van der Waals surface area contributed by atoms with Crippen molar-refractivity contribution in [3.05, 3.63) is 55.2 Å². The topological polar surface area (TPSA) is 37.3 Å². The Balaban J connectivity index is 1.62. The molecular formula is C21H21ClO2S. The molecule has 0 radical (unpaired) electrons. The quantitative estimate of drug-likeness (QED) is 0.536. The van der Waals surface area contributed by atoms with E-state index in [1.165, 1.54) is 16.0 Å². The second kappa shape index (κ2) is 5.46. The lowest BCUT2D eigenvalue weighted by molar-refractivity contribution is 0.105. The monoisotopic (exact) mass is 372 g/mol. The highest BCUT2D eigenvalue weighted by molar-refractivity contribution is 7.14. The normalized spacial score (nSPS) is 22.9. The van der Waals surface area contributed by atoms with E-state index in [1.54, 1.807) is 36.5 Å². The Morgan fingerprint density at radius 1 is 1.36 bits per heavy atom. The van der Waals surface area contributed by atoms with Crippen LogP contribution in [0.5, 0.6) is 5.75 Å². The number of thiophene rings is 1. The minimum Gasteiger partial charge on any atom is -0.506 e. The first kappa shape index (κ1) is 16.9. The Bertz CT molecular complexity index is 913. The summed E-state index contributed by atoms with van der Waals surface area (Å²) >= 11 is 7.65. The number of fused-ring (bicyclic) bond motifs is 3. The summed E-state index contributed by atoms with van der Waals surface area (Å²) in [5.74, 6) is 1.51. The number of benzene rings is 1. The second-order valence-corrected chi connectivity index (χ2v) is 9.49. The van der Waals surface area contributed by atoms with Crippen molar-refractivity contribution in [3.63, 3.8) is 0 Å². The lowest BCUT2D eigenvalue weighted by Gasteiger charge is -2.09. The van der Waals surface area contributed by atoms with E-state index in [4.69, 9.17) is 11.6 Å². The van der Waals surface area contributed by atoms with Gasteiger partial charge in [-0.2, -0.15) is 0 Å². The van der Waals surface area contributed by atoms with Gasteiger partial charge in [-0.3, -0.25) is 4.79 Å². The largest absolute Gasteiger partial charge is 0.506 e. The highest BCUT2D eigenvalue weighted by Crippen LogP contribution is 2.71. The Morgan fingerprint density at radius 2 is 2.08 bits per heavy atom. The smallest absolute Gasteiger partial charge is 0.196 e. The van der Waals surface area contributed by atoms with Crippen LogP contribution in [0.2, 0.25) is 5.02 Å². The van der Waals surface area contributed by atoms with E-state index in [-0.39, 0.29) is 11.5 Å². The van der Waals surface area contributed by atoms with Crippen LogP contribution in [-0.2, 0) is 6.42 Å². The molecule has 1 saturated carbocycles. The summed E-state index contributed by atoms with van der Waals surface area (Å²) < 4.78 is 0. The molecule has 0 unspecified atom stereocenters. The SMILES string of the molecule is Cc1cc(/C=C/C(=O)c2sc(C)c3c2C[C@@H]2[C@H]3C2(C)C)cc(Cl)c1O. The minimum atomic E-state index is 0.0651. The number of carbonyl (C=O) groups is 1. The number of rotatable bonds is 3. The fraction of sp³-hybridized carbons (Fsp3) is 0.381. The van der Waals surface area contributed by atoms with Crippen molar-refractivity contribution in [2.75, 3.05) is 0 Å². The Labute approximate surface area is 157 Å². The van der Waals surface area contributed by atoms with Crippen molar-refractivity contribution in [2.45, 2.75) is 40.0 Å². The van der Waals surface area contributed by atoms with Crippen LogP contribution >= 0.6 is 22.9 Å². The number of hydrogen-bond donors (Lipinski definition) is 1. The van der Waals surface area contributed by atoms with Crippen LogP contribution in [0.3, 0.4) is 0 Å². The molecule has 2 aromatic rings. The Kier molecular flexibility index (Phi) is 3.68. The number of hydrogen-bond acceptors (Lipinski definition) is 3. The molecule has 2 aliphatic carbocycles. The summed E-state index contributed by atoms with van der Waals surface area (Å²) in [7, 11) is 0. The summed E-state index contributed by atoms with van der Waals surface area (Å²) in [6, 6.07) is 3.50. The molecule has 1 aromatic carbocycles. The molecule has 2 atom stereocenters. The molecular weight excluding hydrogens is 352 g/mol. The molecule has 0 spiro atoms. The molecule has 0 amide bonds. The molecule has 2 aliphatic rings. The molecule has 130 valence electrons. The van der Waals surface area contributed by atoms with Gasteiger partial charge < -0.3 is 5.11 Å². The molecule has 25 heavy (non-hydrogen) atoms. The zero-order valence-corrected chi connectivity index (χ0v) is 16.4. The van der Waals surface area contributed by atoms with Crippen molar-refractivity contribution < 1.29 is 9.90 Å². The average molecular weight is 373 g/mol. The molecule has 4 rings (SSSR count). The van der Waals surface area contributed by atoms with Crippen LogP contribution in [0, 0.1) is 25.2 Å². The summed E-state index contributed by atoms with van der Waals surface area (Å²) in [6.07, 6.45) is 4.45. The maximum Gasteiger partial charge on any atom is 0.196 e. The minimum absolute atomic E-state index is 0.0651. The predicted molar refractivity (Wildman–Crippen MR) is 104 cm³/mol. The number of ketones is 1. The Morgan fingerprint density at radius 3 is 2.76 bits per heavy atom. The molecule has 4 heteroatoms. The number of carbonyl (C=O) groups excluding carboxylic acids is 1. The van der Waals surface area contributed by atoms with Gasteiger partial charge in [-0.25, -0.2) is 0 Å². The molecule has 1 heterocycles. The molecule has 0 saturated heterocycles. The molecule has 1 fully saturated rings. The van der Waals surface area contributed by atoms with Crippen molar-refractivity contribution in [3.8, 4) is 5.75 Å². The van der Waals surface area contributed by atoms with E-state index in [1.807, 2.05) is 6.07 Å². The van der Waals surface area contributed by atoms with Gasteiger partial charge in [0.15, 0.2) is 5.78 Å². The Hall–Kier alpha value is -1.58. The van der Waals surface area contributed by atoms with Crippen LogP contribution in [0.15, 0.2) is 18.2 Å². The fourth-order valence-corrected chi connectivity index (χ4v) is 5.86. The van der Waals surface area contributed by atoms with E-state index in [0.717, 1.165) is 16.9 Å². The van der Waals surface area contributed by atoms with Crippen LogP contribution in [0.4, 0.5) is 0 Å². The van der Waals surface area contributed by atoms with Crippen LogP contribution in [0.1, 0.15) is 56.6 Å². The number of phenolic OH excluding ortho intramolecular Hbond substituents is 1. The van der Waals surface area contributed by atoms with Crippen molar-refractivity contribution in [2.24, 2.45) is 11.3 Å². The van der Waals surface area contributed by atoms with Crippen molar-refractivity contribution >= 4 is 34.8 Å². The van der Waals surface area contributed by atoms with Gasteiger partial charge in [-0.05, 0) is 78.0 Å². The zero-order chi connectivity index (χ0) is 18.1. The molecule has 0 aliphatic heterocycles. The highest BCUT2D eigenvalue weighted by Gasteiger charge is 2.63. The van der Waals surface area contributed by atoms with E-state index in [0.29, 0.717) is 27.8 Å².